The second-order valence-electron chi connectivity index (χ2n) is 7.11. The minimum absolute atomic E-state index is 0.0662. The molecule has 0 aliphatic rings. The summed E-state index contributed by atoms with van der Waals surface area (Å²) in [6.45, 7) is 0. The highest BCUT2D eigenvalue weighted by molar-refractivity contribution is 5.99. The lowest BCUT2D eigenvalue weighted by molar-refractivity contribution is 0.0600. The van der Waals surface area contributed by atoms with Crippen molar-refractivity contribution in [3.63, 3.8) is 0 Å². The lowest BCUT2D eigenvalue weighted by atomic mass is 9.97. The molecule has 0 aliphatic heterocycles. The van der Waals surface area contributed by atoms with Crippen molar-refractivity contribution in [3.8, 4) is 16.9 Å². The second-order valence-corrected chi connectivity index (χ2v) is 7.11. The van der Waals surface area contributed by atoms with Gasteiger partial charge >= 0.3 is 5.97 Å². The molecule has 0 amide bonds. The number of carbonyl (C=O) groups is 2. The third kappa shape index (κ3) is 4.31. The van der Waals surface area contributed by atoms with Crippen molar-refractivity contribution < 1.29 is 19.1 Å². The maximum Gasteiger partial charge on any atom is 0.337 e. The summed E-state index contributed by atoms with van der Waals surface area (Å²) in [5.41, 5.74) is 4.58. The lowest BCUT2D eigenvalue weighted by Gasteiger charge is -2.11. The Balaban J connectivity index is 1.62. The molecule has 0 spiro atoms. The molecule has 0 N–H and O–H groups in total. The van der Waals surface area contributed by atoms with E-state index in [1.807, 2.05) is 48.7 Å². The summed E-state index contributed by atoms with van der Waals surface area (Å²) in [7, 11) is 2.91. The molecule has 4 rings (SSSR count). The number of aromatic nitrogens is 1. The smallest absolute Gasteiger partial charge is 0.337 e. The van der Waals surface area contributed by atoms with Gasteiger partial charge in [0.25, 0.3) is 0 Å². The number of para-hydroxylation sites is 1. The number of carbonyl (C=O) groups excluding carboxylic acids is 2. The SMILES string of the molecule is COC(=O)c1ccc(C(=O)Cc2cc(-c3cnc4ccccc4c3)ccc2OC)cc1. The van der Waals surface area contributed by atoms with Gasteiger partial charge in [0, 0.05) is 34.7 Å². The van der Waals surface area contributed by atoms with Crippen LogP contribution in [0.15, 0.2) is 79.0 Å². The van der Waals surface area contributed by atoms with Crippen LogP contribution in [0.2, 0.25) is 0 Å². The zero-order valence-corrected chi connectivity index (χ0v) is 17.3. The van der Waals surface area contributed by atoms with Crippen molar-refractivity contribution in [2.24, 2.45) is 0 Å². The molecule has 0 radical (unpaired) electrons. The number of fused-ring (bicyclic) bond motifs is 1. The number of pyridine rings is 1. The Morgan fingerprint density at radius 3 is 2.32 bits per heavy atom. The van der Waals surface area contributed by atoms with Crippen LogP contribution in [0, 0.1) is 0 Å². The molecule has 0 saturated heterocycles. The Morgan fingerprint density at radius 2 is 1.58 bits per heavy atom. The van der Waals surface area contributed by atoms with Gasteiger partial charge in [0.05, 0.1) is 25.3 Å². The first-order valence-corrected chi connectivity index (χ1v) is 9.82. The molecule has 5 nitrogen and oxygen atoms in total. The second kappa shape index (κ2) is 8.79. The van der Waals surface area contributed by atoms with Crippen LogP contribution in [0.1, 0.15) is 26.3 Å². The highest BCUT2D eigenvalue weighted by Crippen LogP contribution is 2.29. The fourth-order valence-electron chi connectivity index (χ4n) is 3.51. The molecule has 3 aromatic carbocycles. The van der Waals surface area contributed by atoms with Crippen LogP contribution in [0.5, 0.6) is 5.75 Å². The average molecular weight is 411 g/mol. The van der Waals surface area contributed by atoms with Crippen molar-refractivity contribution in [1.82, 2.24) is 4.98 Å². The van der Waals surface area contributed by atoms with Crippen LogP contribution in [0.4, 0.5) is 0 Å². The van der Waals surface area contributed by atoms with Crippen LogP contribution < -0.4 is 4.74 Å². The van der Waals surface area contributed by atoms with E-state index in [-0.39, 0.29) is 12.2 Å². The summed E-state index contributed by atoms with van der Waals surface area (Å²) in [6, 6.07) is 22.3. The molecule has 5 heteroatoms. The molecule has 31 heavy (non-hydrogen) atoms. The average Bonchev–Trinajstić information content (AvgIpc) is 2.83. The number of methoxy groups -OCH3 is 2. The first-order valence-electron chi connectivity index (χ1n) is 9.82. The van der Waals surface area contributed by atoms with Crippen molar-refractivity contribution in [2.45, 2.75) is 6.42 Å². The third-order valence-corrected chi connectivity index (χ3v) is 5.18. The van der Waals surface area contributed by atoms with Crippen LogP contribution in [-0.2, 0) is 11.2 Å². The Bertz CT molecular complexity index is 1260. The van der Waals surface area contributed by atoms with Gasteiger partial charge in [-0.25, -0.2) is 4.79 Å². The Morgan fingerprint density at radius 1 is 0.839 bits per heavy atom. The number of hydrogen-bond acceptors (Lipinski definition) is 5. The maximum absolute atomic E-state index is 12.9. The molecule has 0 fully saturated rings. The van der Waals surface area contributed by atoms with E-state index in [0.29, 0.717) is 16.9 Å². The predicted octanol–water partition coefficient (Wildman–Crippen LogP) is 5.12. The van der Waals surface area contributed by atoms with Crippen LogP contribution in [0.25, 0.3) is 22.0 Å². The van der Waals surface area contributed by atoms with Gasteiger partial charge in [0.2, 0.25) is 0 Å². The van der Waals surface area contributed by atoms with Gasteiger partial charge in [0.15, 0.2) is 5.78 Å². The first kappa shape index (κ1) is 20.3. The topological polar surface area (TPSA) is 65.5 Å². The molecule has 0 bridgehead atoms. The fourth-order valence-corrected chi connectivity index (χ4v) is 3.51. The summed E-state index contributed by atoms with van der Waals surface area (Å²) in [4.78, 5) is 29.0. The van der Waals surface area contributed by atoms with E-state index in [9.17, 15) is 9.59 Å². The van der Waals surface area contributed by atoms with Crippen molar-refractivity contribution in [1.29, 1.82) is 0 Å². The largest absolute Gasteiger partial charge is 0.496 e. The molecular formula is C26H21NO4. The summed E-state index contributed by atoms with van der Waals surface area (Å²) < 4.78 is 10.2. The fraction of sp³-hybridized carbons (Fsp3) is 0.115. The Kier molecular flexibility index (Phi) is 5.76. The summed E-state index contributed by atoms with van der Waals surface area (Å²) in [6.07, 6.45) is 2.01. The van der Waals surface area contributed by atoms with Crippen LogP contribution >= 0.6 is 0 Å². The van der Waals surface area contributed by atoms with Gasteiger partial charge in [-0.15, -0.1) is 0 Å². The molecule has 1 aromatic heterocycles. The van der Waals surface area contributed by atoms with Gasteiger partial charge in [-0.05, 0) is 42.0 Å². The number of ether oxygens (including phenoxy) is 2. The minimum Gasteiger partial charge on any atom is -0.496 e. The molecule has 4 aromatic rings. The zero-order valence-electron chi connectivity index (χ0n) is 17.3. The van der Waals surface area contributed by atoms with E-state index in [1.54, 1.807) is 31.4 Å². The van der Waals surface area contributed by atoms with E-state index in [4.69, 9.17) is 9.47 Å². The molecule has 0 atom stereocenters. The molecule has 0 aliphatic carbocycles. The van der Waals surface area contributed by atoms with E-state index >= 15 is 0 Å². The third-order valence-electron chi connectivity index (χ3n) is 5.18. The van der Waals surface area contributed by atoms with Gasteiger partial charge in [0.1, 0.15) is 5.75 Å². The zero-order chi connectivity index (χ0) is 21.8. The maximum atomic E-state index is 12.9. The Hall–Kier alpha value is -3.99. The van der Waals surface area contributed by atoms with Crippen LogP contribution in [0.3, 0.4) is 0 Å². The summed E-state index contributed by atoms with van der Waals surface area (Å²) >= 11 is 0. The molecule has 0 unspecified atom stereocenters. The van der Waals surface area contributed by atoms with E-state index in [0.717, 1.165) is 27.6 Å². The molecular weight excluding hydrogens is 390 g/mol. The van der Waals surface area contributed by atoms with Crippen molar-refractivity contribution in [3.05, 3.63) is 95.7 Å². The quantitative estimate of drug-likeness (QED) is 0.325. The van der Waals surface area contributed by atoms with E-state index in [1.165, 1.54) is 7.11 Å². The monoisotopic (exact) mass is 411 g/mol. The highest BCUT2D eigenvalue weighted by atomic mass is 16.5. The summed E-state index contributed by atoms with van der Waals surface area (Å²) in [5.74, 6) is 0.151. The van der Waals surface area contributed by atoms with E-state index in [2.05, 4.69) is 11.1 Å². The highest BCUT2D eigenvalue weighted by Gasteiger charge is 2.14. The number of hydrogen-bond donors (Lipinski definition) is 0. The Labute approximate surface area is 180 Å². The number of ketones is 1. The standard InChI is InChI=1S/C26H21NO4/c1-30-25-12-11-19(22-14-20-5-3-4-6-23(20)27-16-22)13-21(25)15-24(28)17-7-9-18(10-8-17)26(29)31-2/h3-14,16H,15H2,1-2H3. The number of benzene rings is 3. The summed E-state index contributed by atoms with van der Waals surface area (Å²) in [5, 5.41) is 1.05. The molecule has 0 saturated carbocycles. The van der Waals surface area contributed by atoms with Crippen molar-refractivity contribution in [2.75, 3.05) is 14.2 Å². The number of Topliss-reactive ketones (excluding diaryl/α,β-unsaturated/α-hetero) is 1. The lowest BCUT2D eigenvalue weighted by Crippen LogP contribution is -2.07. The van der Waals surface area contributed by atoms with Gasteiger partial charge in [-0.3, -0.25) is 9.78 Å². The molecule has 154 valence electrons. The van der Waals surface area contributed by atoms with E-state index < -0.39 is 5.97 Å². The number of esters is 1. The van der Waals surface area contributed by atoms with Crippen molar-refractivity contribution >= 4 is 22.7 Å². The van der Waals surface area contributed by atoms with Crippen LogP contribution in [-0.4, -0.2) is 31.0 Å². The first-order chi connectivity index (χ1) is 15.1. The number of rotatable bonds is 6. The van der Waals surface area contributed by atoms with Gasteiger partial charge in [-0.1, -0.05) is 36.4 Å². The normalized spacial score (nSPS) is 10.6. The molecule has 1 heterocycles. The van der Waals surface area contributed by atoms with Gasteiger partial charge in [-0.2, -0.15) is 0 Å². The number of nitrogens with zero attached hydrogens (tertiary/aromatic N) is 1. The minimum atomic E-state index is -0.433. The van der Waals surface area contributed by atoms with Gasteiger partial charge < -0.3 is 9.47 Å². The predicted molar refractivity (Wildman–Crippen MR) is 120 cm³/mol.